The number of pyridine rings is 1. The summed E-state index contributed by atoms with van der Waals surface area (Å²) in [5.41, 5.74) is 4.04. The highest BCUT2D eigenvalue weighted by Crippen LogP contribution is 2.26. The molecule has 1 aliphatic heterocycles. The minimum absolute atomic E-state index is 0.309. The van der Waals surface area contributed by atoms with Crippen LogP contribution in [-0.2, 0) is 0 Å². The maximum atomic E-state index is 12.0. The topological polar surface area (TPSA) is 114 Å². The van der Waals surface area contributed by atoms with Crippen molar-refractivity contribution >= 4 is 39.9 Å². The molecule has 0 saturated carbocycles. The Balaban J connectivity index is 1.47. The molecule has 3 aromatic rings. The summed E-state index contributed by atoms with van der Waals surface area (Å²) in [6.45, 7) is 0. The van der Waals surface area contributed by atoms with Gasteiger partial charge in [0.2, 0.25) is 0 Å². The monoisotopic (exact) mass is 438 g/mol. The number of nitrogens with one attached hydrogen (secondary N) is 2. The summed E-state index contributed by atoms with van der Waals surface area (Å²) < 4.78 is 6.35. The molecule has 0 bridgehead atoms. The van der Waals surface area contributed by atoms with Gasteiger partial charge in [-0.15, -0.1) is 0 Å². The van der Waals surface area contributed by atoms with E-state index < -0.39 is 17.7 Å². The van der Waals surface area contributed by atoms with E-state index in [1.165, 1.54) is 12.4 Å². The Morgan fingerprint density at radius 2 is 1.93 bits per heavy atom. The van der Waals surface area contributed by atoms with Crippen molar-refractivity contribution in [3.63, 3.8) is 0 Å². The molecule has 4 rings (SSSR count). The van der Waals surface area contributed by atoms with Gasteiger partial charge >= 0.3 is 0 Å². The number of furan rings is 1. The van der Waals surface area contributed by atoms with Crippen LogP contribution in [0.3, 0.4) is 0 Å². The van der Waals surface area contributed by atoms with E-state index >= 15 is 0 Å². The maximum Gasteiger partial charge on any atom is 0.272 e. The lowest BCUT2D eigenvalue weighted by atomic mass is 10.0. The molecule has 0 saturated heterocycles. The summed E-state index contributed by atoms with van der Waals surface area (Å²) >= 11 is 3.25. The Bertz CT molecular complexity index is 1150. The van der Waals surface area contributed by atoms with Crippen LogP contribution in [0, 0.1) is 0 Å². The van der Waals surface area contributed by atoms with E-state index in [0.717, 1.165) is 0 Å². The van der Waals surface area contributed by atoms with Gasteiger partial charge in [-0.1, -0.05) is 6.07 Å². The van der Waals surface area contributed by atoms with Crippen molar-refractivity contribution in [3.05, 3.63) is 75.7 Å². The van der Waals surface area contributed by atoms with E-state index in [4.69, 9.17) is 4.42 Å². The lowest BCUT2D eigenvalue weighted by molar-refractivity contribution is 0.0878. The van der Waals surface area contributed by atoms with Crippen LogP contribution in [0.5, 0.6) is 0 Å². The van der Waals surface area contributed by atoms with Gasteiger partial charge in [0, 0.05) is 22.4 Å². The van der Waals surface area contributed by atoms with Gasteiger partial charge in [-0.2, -0.15) is 5.10 Å². The van der Waals surface area contributed by atoms with Gasteiger partial charge < -0.3 is 4.42 Å². The second kappa shape index (κ2) is 7.20. The van der Waals surface area contributed by atoms with Crippen LogP contribution in [-0.4, -0.2) is 28.9 Å². The number of imide groups is 1. The summed E-state index contributed by atoms with van der Waals surface area (Å²) in [5.74, 6) is -0.344. The number of carbonyl (C=O) groups is 3. The molecule has 0 aliphatic carbocycles. The van der Waals surface area contributed by atoms with Crippen molar-refractivity contribution in [2.45, 2.75) is 0 Å². The summed E-state index contributed by atoms with van der Waals surface area (Å²) in [6.07, 6.45) is 4.36. The minimum atomic E-state index is -0.431. The number of halogens is 1. The molecule has 138 valence electrons. The van der Waals surface area contributed by atoms with E-state index in [1.54, 1.807) is 42.6 Å². The SMILES string of the molecule is O=C(N/N=C/c1ccc(-c2ccc3c(c2)C(=O)NC3=O)o1)c1cncc(Br)c1. The number of nitrogens with zero attached hydrogens (tertiary/aromatic N) is 2. The fraction of sp³-hybridized carbons (Fsp3) is 0. The molecule has 28 heavy (non-hydrogen) atoms. The fourth-order valence-electron chi connectivity index (χ4n) is 2.65. The Kier molecular flexibility index (Phi) is 4.58. The molecule has 0 fully saturated rings. The van der Waals surface area contributed by atoms with Crippen molar-refractivity contribution in [1.29, 1.82) is 0 Å². The molecular weight excluding hydrogens is 428 g/mol. The number of fused-ring (bicyclic) bond motifs is 1. The Labute approximate surface area is 166 Å². The van der Waals surface area contributed by atoms with E-state index in [-0.39, 0.29) is 0 Å². The quantitative estimate of drug-likeness (QED) is 0.369. The van der Waals surface area contributed by atoms with Crippen molar-refractivity contribution in [2.24, 2.45) is 5.10 Å². The molecule has 2 N–H and O–H groups in total. The first kappa shape index (κ1) is 17.8. The molecule has 0 atom stereocenters. The second-order valence-corrected chi connectivity index (χ2v) is 6.75. The third kappa shape index (κ3) is 3.47. The molecule has 8 nitrogen and oxygen atoms in total. The molecule has 3 heterocycles. The molecule has 0 spiro atoms. The molecule has 2 aromatic heterocycles. The van der Waals surface area contributed by atoms with Crippen LogP contribution < -0.4 is 10.7 Å². The average Bonchev–Trinajstić information content (AvgIpc) is 3.26. The number of aromatic nitrogens is 1. The van der Waals surface area contributed by atoms with E-state index in [1.807, 2.05) is 0 Å². The van der Waals surface area contributed by atoms with Gasteiger partial charge in [0.15, 0.2) is 0 Å². The summed E-state index contributed by atoms with van der Waals surface area (Å²) in [6, 6.07) is 9.86. The molecular formula is C19H11BrN4O4. The number of benzene rings is 1. The maximum absolute atomic E-state index is 12.0. The van der Waals surface area contributed by atoms with Crippen molar-refractivity contribution in [3.8, 4) is 11.3 Å². The first-order valence-electron chi connectivity index (χ1n) is 8.05. The first-order valence-corrected chi connectivity index (χ1v) is 8.84. The Morgan fingerprint density at radius 1 is 1.11 bits per heavy atom. The molecule has 1 aliphatic rings. The fourth-order valence-corrected chi connectivity index (χ4v) is 3.02. The average molecular weight is 439 g/mol. The zero-order valence-corrected chi connectivity index (χ0v) is 15.7. The minimum Gasteiger partial charge on any atom is -0.455 e. The lowest BCUT2D eigenvalue weighted by Crippen LogP contribution is -2.19. The normalized spacial score (nSPS) is 12.9. The van der Waals surface area contributed by atoms with Crippen molar-refractivity contribution in [2.75, 3.05) is 0 Å². The van der Waals surface area contributed by atoms with Gasteiger partial charge in [-0.05, 0) is 46.3 Å². The number of hydrazone groups is 1. The summed E-state index contributed by atoms with van der Waals surface area (Å²) in [4.78, 5) is 39.3. The highest BCUT2D eigenvalue weighted by Gasteiger charge is 2.27. The first-order chi connectivity index (χ1) is 13.5. The highest BCUT2D eigenvalue weighted by atomic mass is 79.9. The van der Waals surface area contributed by atoms with Crippen LogP contribution in [0.2, 0.25) is 0 Å². The standard InChI is InChI=1S/C19H11BrN4O4/c20-12-5-11(7-21-8-12)17(25)24-22-9-13-2-4-16(28-13)10-1-3-14-15(6-10)19(27)23-18(14)26/h1-9H,(H,24,25)(H,23,26,27)/b22-9+. The molecule has 9 heteroatoms. The number of rotatable bonds is 4. The van der Waals surface area contributed by atoms with Crippen LogP contribution in [0.1, 0.15) is 36.8 Å². The summed E-state index contributed by atoms with van der Waals surface area (Å²) in [5, 5.41) is 6.11. The van der Waals surface area contributed by atoms with Crippen LogP contribution in [0.15, 0.2) is 62.8 Å². The van der Waals surface area contributed by atoms with Crippen LogP contribution in [0.4, 0.5) is 0 Å². The van der Waals surface area contributed by atoms with Crippen molar-refractivity contribution < 1.29 is 18.8 Å². The highest BCUT2D eigenvalue weighted by molar-refractivity contribution is 9.10. The van der Waals surface area contributed by atoms with Gasteiger partial charge in [0.25, 0.3) is 17.7 Å². The third-order valence-corrected chi connectivity index (χ3v) is 4.41. The van der Waals surface area contributed by atoms with Gasteiger partial charge in [-0.25, -0.2) is 5.43 Å². The zero-order chi connectivity index (χ0) is 19.7. The van der Waals surface area contributed by atoms with E-state index in [9.17, 15) is 14.4 Å². The number of carbonyl (C=O) groups excluding carboxylic acids is 3. The molecule has 0 unspecified atom stereocenters. The smallest absolute Gasteiger partial charge is 0.272 e. The van der Waals surface area contributed by atoms with Gasteiger partial charge in [0.1, 0.15) is 11.5 Å². The number of amides is 3. The molecule has 1 aromatic carbocycles. The predicted molar refractivity (Wildman–Crippen MR) is 103 cm³/mol. The Hall–Kier alpha value is -3.59. The van der Waals surface area contributed by atoms with Gasteiger partial charge in [-0.3, -0.25) is 24.7 Å². The lowest BCUT2D eigenvalue weighted by Gasteiger charge is -2.00. The molecule has 3 amide bonds. The predicted octanol–water partition coefficient (Wildman–Crippen LogP) is 2.75. The van der Waals surface area contributed by atoms with Crippen molar-refractivity contribution in [1.82, 2.24) is 15.7 Å². The Morgan fingerprint density at radius 3 is 2.75 bits per heavy atom. The van der Waals surface area contributed by atoms with E-state index in [2.05, 4.69) is 36.8 Å². The van der Waals surface area contributed by atoms with Crippen LogP contribution >= 0.6 is 15.9 Å². The largest absolute Gasteiger partial charge is 0.455 e. The van der Waals surface area contributed by atoms with Gasteiger partial charge in [0.05, 0.1) is 22.9 Å². The molecule has 0 radical (unpaired) electrons. The number of hydrogen-bond acceptors (Lipinski definition) is 6. The zero-order valence-electron chi connectivity index (χ0n) is 14.1. The van der Waals surface area contributed by atoms with E-state index in [0.29, 0.717) is 38.2 Å². The second-order valence-electron chi connectivity index (χ2n) is 5.84. The third-order valence-electron chi connectivity index (χ3n) is 3.97. The summed E-state index contributed by atoms with van der Waals surface area (Å²) in [7, 11) is 0. The van der Waals surface area contributed by atoms with Crippen LogP contribution in [0.25, 0.3) is 11.3 Å². The number of hydrogen-bond donors (Lipinski definition) is 2.